The molecule has 8 nitrogen and oxygen atoms in total. The molecule has 3 heterocycles. The van der Waals surface area contributed by atoms with Gasteiger partial charge in [-0.25, -0.2) is 4.98 Å². The number of ketones is 1. The van der Waals surface area contributed by atoms with Crippen LogP contribution in [-0.2, 0) is 24.7 Å². The van der Waals surface area contributed by atoms with E-state index in [9.17, 15) is 4.79 Å². The number of rotatable bonds is 7. The van der Waals surface area contributed by atoms with Gasteiger partial charge in [0.2, 0.25) is 0 Å². The Balaban J connectivity index is 1.51. The number of carbonyl (C=O) groups excluding carboxylic acids is 1. The average Bonchev–Trinajstić information content (AvgIpc) is 3.34. The zero-order valence-electron chi connectivity index (χ0n) is 16.9. The van der Waals surface area contributed by atoms with Crippen molar-refractivity contribution in [3.8, 4) is 17.1 Å². The number of Topliss-reactive ketones (excluding diaryl/α,β-unsaturated/α-hetero) is 1. The second kappa shape index (κ2) is 7.37. The van der Waals surface area contributed by atoms with Crippen LogP contribution in [0.4, 0.5) is 17.1 Å². The van der Waals surface area contributed by atoms with E-state index in [0.717, 1.165) is 46.9 Å². The van der Waals surface area contributed by atoms with Gasteiger partial charge in [-0.15, -0.1) is 0 Å². The van der Waals surface area contributed by atoms with Crippen molar-refractivity contribution in [3.05, 3.63) is 42.0 Å². The van der Waals surface area contributed by atoms with Crippen molar-refractivity contribution in [2.45, 2.75) is 25.7 Å². The van der Waals surface area contributed by atoms with Crippen LogP contribution in [0.1, 0.15) is 24.2 Å². The quantitative estimate of drug-likeness (QED) is 0.651. The summed E-state index contributed by atoms with van der Waals surface area (Å²) in [5.41, 5.74) is 4.86. The van der Waals surface area contributed by atoms with Gasteiger partial charge in [-0.2, -0.15) is 5.10 Å². The number of hydrogen-bond donors (Lipinski definition) is 1. The summed E-state index contributed by atoms with van der Waals surface area (Å²) in [5.74, 6) is 1.72. The highest BCUT2D eigenvalue weighted by molar-refractivity contribution is 5.89. The van der Waals surface area contributed by atoms with Crippen LogP contribution < -0.4 is 10.1 Å². The van der Waals surface area contributed by atoms with Crippen molar-refractivity contribution < 1.29 is 9.53 Å². The lowest BCUT2D eigenvalue weighted by molar-refractivity contribution is -0.119. The predicted molar refractivity (Wildman–Crippen MR) is 114 cm³/mol. The fourth-order valence-corrected chi connectivity index (χ4v) is 3.71. The van der Waals surface area contributed by atoms with Crippen molar-refractivity contribution in [3.63, 3.8) is 0 Å². The largest absolute Gasteiger partial charge is 0.494 e. The van der Waals surface area contributed by atoms with Crippen LogP contribution in [0.2, 0.25) is 0 Å². The zero-order chi connectivity index (χ0) is 20.7. The van der Waals surface area contributed by atoms with E-state index in [1.807, 2.05) is 37.5 Å². The molecular weight excluding hydrogens is 380 g/mol. The molecule has 1 aliphatic carbocycles. The van der Waals surface area contributed by atoms with Crippen molar-refractivity contribution in [1.82, 2.24) is 19.7 Å². The number of benzene rings is 1. The molecule has 1 aromatic carbocycles. The summed E-state index contributed by atoms with van der Waals surface area (Å²) in [6, 6.07) is 7.71. The number of methoxy groups -OCH3 is 1. The molecule has 2 aliphatic rings. The van der Waals surface area contributed by atoms with Gasteiger partial charge in [0.15, 0.2) is 11.6 Å². The molecule has 1 saturated carbocycles. The van der Waals surface area contributed by atoms with Crippen LogP contribution in [0.25, 0.3) is 11.4 Å². The Bertz CT molecular complexity index is 1160. The summed E-state index contributed by atoms with van der Waals surface area (Å²) in [5, 5.41) is 7.84. The average molecular weight is 402 g/mol. The Kier molecular flexibility index (Phi) is 4.54. The number of fused-ring (bicyclic) bond motifs is 1. The summed E-state index contributed by atoms with van der Waals surface area (Å²) in [7, 11) is 3.45. The lowest BCUT2D eigenvalue weighted by atomic mass is 10.1. The molecule has 30 heavy (non-hydrogen) atoms. The van der Waals surface area contributed by atoms with Gasteiger partial charge in [0, 0.05) is 32.0 Å². The lowest BCUT2D eigenvalue weighted by Gasteiger charge is -2.16. The Morgan fingerprint density at radius 2 is 2.17 bits per heavy atom. The zero-order valence-corrected chi connectivity index (χ0v) is 16.9. The molecule has 1 N–H and O–H groups in total. The molecule has 2 aromatic heterocycles. The van der Waals surface area contributed by atoms with Crippen molar-refractivity contribution in [1.29, 1.82) is 0 Å². The molecule has 0 bridgehead atoms. The fourth-order valence-electron chi connectivity index (χ4n) is 3.71. The Morgan fingerprint density at radius 3 is 2.90 bits per heavy atom. The van der Waals surface area contributed by atoms with Crippen molar-refractivity contribution in [2.75, 3.05) is 12.4 Å². The molecule has 0 radical (unpaired) electrons. The summed E-state index contributed by atoms with van der Waals surface area (Å²) in [4.78, 5) is 25.8. The molecule has 8 heteroatoms. The number of aromatic nitrogens is 4. The van der Waals surface area contributed by atoms with Crippen LogP contribution in [0, 0.1) is 5.92 Å². The minimum atomic E-state index is 0.218. The number of pyridine rings is 1. The number of nitrogens with zero attached hydrogens (tertiary/aromatic N) is 5. The standard InChI is InChI=1S/C22H22N6O2/c1-28-12-24-22(27-28)15-4-3-5-17(21(15)30-2)26-18-10-14(11-19(29)13-6-7-13)25-16-8-9-23-20(16)18/h3-5,9-10,12-13H,6-8,11H2,1-2H3,(H,25,26). The lowest BCUT2D eigenvalue weighted by Crippen LogP contribution is -2.08. The van der Waals surface area contributed by atoms with Gasteiger partial charge in [0.25, 0.3) is 0 Å². The van der Waals surface area contributed by atoms with Crippen molar-refractivity contribution in [2.24, 2.45) is 18.0 Å². The molecule has 152 valence electrons. The maximum absolute atomic E-state index is 12.3. The van der Waals surface area contributed by atoms with Crippen LogP contribution in [-0.4, -0.2) is 38.9 Å². The third-order valence-electron chi connectivity index (χ3n) is 5.34. The normalized spacial score (nSPS) is 14.6. The minimum absolute atomic E-state index is 0.218. The van der Waals surface area contributed by atoms with E-state index < -0.39 is 0 Å². The topological polar surface area (TPSA) is 94.3 Å². The Hall–Kier alpha value is -3.55. The number of para-hydroxylation sites is 1. The number of anilines is 2. The molecule has 5 rings (SSSR count). The van der Waals surface area contributed by atoms with E-state index >= 15 is 0 Å². The van der Waals surface area contributed by atoms with Gasteiger partial charge in [-0.05, 0) is 31.0 Å². The SMILES string of the molecule is COc1c(Nc2cc(CC(=O)C3CC3)nc3c2N=CC3)cccc1-c1ncn(C)n1. The van der Waals surface area contributed by atoms with Gasteiger partial charge in [0.1, 0.15) is 17.8 Å². The Morgan fingerprint density at radius 1 is 1.30 bits per heavy atom. The van der Waals surface area contributed by atoms with Crippen LogP contribution in [0.3, 0.4) is 0 Å². The molecule has 0 unspecified atom stereocenters. The van der Waals surface area contributed by atoms with Crippen LogP contribution >= 0.6 is 0 Å². The second-order valence-corrected chi connectivity index (χ2v) is 7.64. The first-order valence-electron chi connectivity index (χ1n) is 10.0. The number of aryl methyl sites for hydroxylation is 1. The van der Waals surface area contributed by atoms with E-state index in [-0.39, 0.29) is 11.7 Å². The van der Waals surface area contributed by atoms with Crippen LogP contribution in [0.15, 0.2) is 35.6 Å². The number of nitrogens with one attached hydrogen (secondary N) is 1. The third-order valence-corrected chi connectivity index (χ3v) is 5.34. The van der Waals surface area contributed by atoms with E-state index in [1.54, 1.807) is 18.1 Å². The molecule has 0 atom stereocenters. The van der Waals surface area contributed by atoms with Gasteiger partial charge in [-0.3, -0.25) is 19.5 Å². The highest BCUT2D eigenvalue weighted by Gasteiger charge is 2.30. The van der Waals surface area contributed by atoms with Gasteiger partial charge < -0.3 is 10.1 Å². The molecule has 1 aliphatic heterocycles. The maximum Gasteiger partial charge on any atom is 0.184 e. The maximum atomic E-state index is 12.3. The summed E-state index contributed by atoms with van der Waals surface area (Å²) < 4.78 is 7.36. The first kappa shape index (κ1) is 18.5. The highest BCUT2D eigenvalue weighted by Crippen LogP contribution is 2.40. The number of ether oxygens (including phenoxy) is 1. The first-order chi connectivity index (χ1) is 14.6. The van der Waals surface area contributed by atoms with E-state index in [4.69, 9.17) is 4.74 Å². The van der Waals surface area contributed by atoms with Gasteiger partial charge in [0.05, 0.1) is 35.4 Å². The number of carbonyl (C=O) groups is 1. The first-order valence-corrected chi connectivity index (χ1v) is 10.0. The third kappa shape index (κ3) is 3.45. The number of aliphatic imine (C=N–C) groups is 1. The fraction of sp³-hybridized carbons (Fsp3) is 0.318. The monoisotopic (exact) mass is 402 g/mol. The van der Waals surface area contributed by atoms with E-state index in [0.29, 0.717) is 24.4 Å². The van der Waals surface area contributed by atoms with Gasteiger partial charge in [-0.1, -0.05) is 6.07 Å². The molecule has 0 amide bonds. The smallest absolute Gasteiger partial charge is 0.184 e. The van der Waals surface area contributed by atoms with Crippen LogP contribution in [0.5, 0.6) is 5.75 Å². The Labute approximate surface area is 174 Å². The summed E-state index contributed by atoms with van der Waals surface area (Å²) >= 11 is 0. The molecule has 0 saturated heterocycles. The summed E-state index contributed by atoms with van der Waals surface area (Å²) in [6.45, 7) is 0. The highest BCUT2D eigenvalue weighted by atomic mass is 16.5. The minimum Gasteiger partial charge on any atom is -0.494 e. The van der Waals surface area contributed by atoms with E-state index in [2.05, 4.69) is 25.4 Å². The molecule has 1 fully saturated rings. The van der Waals surface area contributed by atoms with E-state index in [1.165, 1.54) is 0 Å². The molecule has 3 aromatic rings. The van der Waals surface area contributed by atoms with Crippen molar-refractivity contribution >= 4 is 29.1 Å². The second-order valence-electron chi connectivity index (χ2n) is 7.64. The summed E-state index contributed by atoms with van der Waals surface area (Å²) in [6.07, 6.45) is 6.54. The predicted octanol–water partition coefficient (Wildman–Crippen LogP) is 3.41. The molecule has 0 spiro atoms. The number of hydrogen-bond acceptors (Lipinski definition) is 7. The van der Waals surface area contributed by atoms with Gasteiger partial charge >= 0.3 is 0 Å². The molecular formula is C22H22N6O2.